The number of likely N-dealkylation sites (N-methyl/N-ethyl adjacent to an activating group) is 1. The highest BCUT2D eigenvalue weighted by Gasteiger charge is 2.20. The first-order valence-electron chi connectivity index (χ1n) is 10.2. The van der Waals surface area contributed by atoms with Crippen LogP contribution in [0.4, 0.5) is 5.82 Å². The predicted octanol–water partition coefficient (Wildman–Crippen LogP) is 4.27. The number of fused-ring (bicyclic) bond motifs is 1. The van der Waals surface area contributed by atoms with Gasteiger partial charge in [0.15, 0.2) is 0 Å². The summed E-state index contributed by atoms with van der Waals surface area (Å²) in [7, 11) is 0. The van der Waals surface area contributed by atoms with Crippen LogP contribution in [0.15, 0.2) is 54.6 Å². The van der Waals surface area contributed by atoms with E-state index in [1.54, 1.807) is 0 Å². The highest BCUT2D eigenvalue weighted by molar-refractivity contribution is 5.95. The van der Waals surface area contributed by atoms with Gasteiger partial charge in [-0.05, 0) is 37.4 Å². The Balaban J connectivity index is 1.74. The third kappa shape index (κ3) is 3.75. The van der Waals surface area contributed by atoms with E-state index in [9.17, 15) is 5.11 Å². The highest BCUT2D eigenvalue weighted by atomic mass is 16.3. The molecule has 4 rings (SSSR count). The molecule has 1 aliphatic rings. The summed E-state index contributed by atoms with van der Waals surface area (Å²) in [5.41, 5.74) is 2.13. The molecule has 1 saturated heterocycles. The molecule has 4 nitrogen and oxygen atoms in total. The Labute approximate surface area is 167 Å². The zero-order valence-corrected chi connectivity index (χ0v) is 17.0. The third-order valence-corrected chi connectivity index (χ3v) is 5.73. The second kappa shape index (κ2) is 7.53. The monoisotopic (exact) mass is 375 g/mol. The van der Waals surface area contributed by atoms with E-state index in [4.69, 9.17) is 4.98 Å². The number of piperazine rings is 1. The van der Waals surface area contributed by atoms with Gasteiger partial charge < -0.3 is 14.9 Å². The summed E-state index contributed by atoms with van der Waals surface area (Å²) >= 11 is 0. The third-order valence-electron chi connectivity index (χ3n) is 5.73. The topological polar surface area (TPSA) is 39.6 Å². The SMILES string of the molecule is CCN1CCN(c2nc(-c3ccc(C(C)(C)O)cc3)cc3ccccc23)CC1. The van der Waals surface area contributed by atoms with E-state index in [1.165, 1.54) is 10.8 Å². The van der Waals surface area contributed by atoms with Crippen LogP contribution in [-0.2, 0) is 5.60 Å². The maximum absolute atomic E-state index is 10.2. The van der Waals surface area contributed by atoms with E-state index >= 15 is 0 Å². The summed E-state index contributed by atoms with van der Waals surface area (Å²) < 4.78 is 0. The minimum atomic E-state index is -0.834. The maximum atomic E-state index is 10.2. The van der Waals surface area contributed by atoms with E-state index in [2.05, 4.69) is 59.2 Å². The van der Waals surface area contributed by atoms with Crippen LogP contribution in [0.25, 0.3) is 22.0 Å². The van der Waals surface area contributed by atoms with Crippen LogP contribution >= 0.6 is 0 Å². The number of aliphatic hydroxyl groups is 1. The van der Waals surface area contributed by atoms with Crippen molar-refractivity contribution in [1.82, 2.24) is 9.88 Å². The Bertz CT molecular complexity index is 952. The van der Waals surface area contributed by atoms with E-state index in [1.807, 2.05) is 26.0 Å². The molecule has 0 spiro atoms. The van der Waals surface area contributed by atoms with Gasteiger partial charge in [0, 0.05) is 37.1 Å². The van der Waals surface area contributed by atoms with Crippen molar-refractivity contribution in [3.8, 4) is 11.3 Å². The fourth-order valence-corrected chi connectivity index (χ4v) is 3.89. The quantitative estimate of drug-likeness (QED) is 0.739. The van der Waals surface area contributed by atoms with E-state index in [-0.39, 0.29) is 0 Å². The van der Waals surface area contributed by atoms with Crippen molar-refractivity contribution in [1.29, 1.82) is 0 Å². The summed E-state index contributed by atoms with van der Waals surface area (Å²) in [6.45, 7) is 11.1. The molecule has 1 N–H and O–H groups in total. The largest absolute Gasteiger partial charge is 0.386 e. The number of hydrogen-bond acceptors (Lipinski definition) is 4. The molecule has 0 saturated carbocycles. The van der Waals surface area contributed by atoms with Gasteiger partial charge in [0.1, 0.15) is 5.82 Å². The number of anilines is 1. The van der Waals surface area contributed by atoms with Gasteiger partial charge in [0.05, 0.1) is 11.3 Å². The Hall–Kier alpha value is -2.43. The molecular formula is C24H29N3O. The van der Waals surface area contributed by atoms with Crippen LogP contribution in [0.2, 0.25) is 0 Å². The average Bonchev–Trinajstić information content (AvgIpc) is 2.72. The molecule has 2 aromatic carbocycles. The first-order chi connectivity index (χ1) is 13.5. The molecule has 0 radical (unpaired) electrons. The number of rotatable bonds is 4. The van der Waals surface area contributed by atoms with Crippen LogP contribution < -0.4 is 4.90 Å². The molecule has 3 aromatic rings. The average molecular weight is 376 g/mol. The van der Waals surface area contributed by atoms with Crippen molar-refractivity contribution in [2.45, 2.75) is 26.4 Å². The van der Waals surface area contributed by atoms with Gasteiger partial charge in [0.2, 0.25) is 0 Å². The van der Waals surface area contributed by atoms with E-state index < -0.39 is 5.60 Å². The lowest BCUT2D eigenvalue weighted by Gasteiger charge is -2.35. The van der Waals surface area contributed by atoms with Crippen molar-refractivity contribution < 1.29 is 5.11 Å². The van der Waals surface area contributed by atoms with Crippen molar-refractivity contribution in [2.24, 2.45) is 0 Å². The van der Waals surface area contributed by atoms with Crippen LogP contribution in [0, 0.1) is 0 Å². The van der Waals surface area contributed by atoms with Gasteiger partial charge in [-0.15, -0.1) is 0 Å². The summed E-state index contributed by atoms with van der Waals surface area (Å²) in [5, 5.41) is 12.6. The smallest absolute Gasteiger partial charge is 0.137 e. The molecular weight excluding hydrogens is 346 g/mol. The Morgan fingerprint density at radius 2 is 1.64 bits per heavy atom. The molecule has 0 amide bonds. The summed E-state index contributed by atoms with van der Waals surface area (Å²) in [6, 6.07) is 18.8. The molecule has 0 unspecified atom stereocenters. The standard InChI is InChI=1S/C24H29N3O/c1-4-26-13-15-27(16-14-26)23-21-8-6-5-7-19(21)17-22(25-23)18-9-11-20(12-10-18)24(2,3)28/h5-12,17,28H,4,13-16H2,1-3H3. The van der Waals surface area contributed by atoms with Gasteiger partial charge in [0.25, 0.3) is 0 Å². The van der Waals surface area contributed by atoms with Gasteiger partial charge in [-0.1, -0.05) is 55.5 Å². The van der Waals surface area contributed by atoms with Gasteiger partial charge >= 0.3 is 0 Å². The molecule has 28 heavy (non-hydrogen) atoms. The molecule has 1 aliphatic heterocycles. The maximum Gasteiger partial charge on any atom is 0.137 e. The number of pyridine rings is 1. The predicted molar refractivity (Wildman–Crippen MR) is 117 cm³/mol. The number of benzene rings is 2. The van der Waals surface area contributed by atoms with Gasteiger partial charge in [-0.25, -0.2) is 4.98 Å². The zero-order valence-electron chi connectivity index (χ0n) is 17.0. The van der Waals surface area contributed by atoms with E-state index in [0.717, 1.165) is 55.4 Å². The minimum Gasteiger partial charge on any atom is -0.386 e. The lowest BCUT2D eigenvalue weighted by molar-refractivity contribution is 0.0786. The second-order valence-electron chi connectivity index (χ2n) is 8.11. The van der Waals surface area contributed by atoms with Crippen LogP contribution in [0.1, 0.15) is 26.3 Å². The highest BCUT2D eigenvalue weighted by Crippen LogP contribution is 2.31. The normalized spacial score (nSPS) is 15.9. The molecule has 4 heteroatoms. The number of hydrogen-bond donors (Lipinski definition) is 1. The molecule has 1 aromatic heterocycles. The Morgan fingerprint density at radius 1 is 0.964 bits per heavy atom. The number of nitrogens with zero attached hydrogens (tertiary/aromatic N) is 3. The molecule has 1 fully saturated rings. The fraction of sp³-hybridized carbons (Fsp3) is 0.375. The molecule has 0 atom stereocenters. The van der Waals surface area contributed by atoms with Crippen LogP contribution in [-0.4, -0.2) is 47.7 Å². The Morgan fingerprint density at radius 3 is 2.29 bits per heavy atom. The second-order valence-corrected chi connectivity index (χ2v) is 8.11. The first-order valence-corrected chi connectivity index (χ1v) is 10.2. The van der Waals surface area contributed by atoms with Crippen molar-refractivity contribution in [2.75, 3.05) is 37.6 Å². The van der Waals surface area contributed by atoms with Gasteiger partial charge in [-0.2, -0.15) is 0 Å². The van der Waals surface area contributed by atoms with Crippen LogP contribution in [0.3, 0.4) is 0 Å². The van der Waals surface area contributed by atoms with Crippen molar-refractivity contribution in [3.05, 3.63) is 60.2 Å². The van der Waals surface area contributed by atoms with Crippen molar-refractivity contribution >= 4 is 16.6 Å². The first kappa shape index (κ1) is 18.9. The molecule has 0 aliphatic carbocycles. The van der Waals surface area contributed by atoms with E-state index in [0.29, 0.717) is 0 Å². The van der Waals surface area contributed by atoms with Crippen LogP contribution in [0.5, 0.6) is 0 Å². The van der Waals surface area contributed by atoms with Gasteiger partial charge in [-0.3, -0.25) is 0 Å². The minimum absolute atomic E-state index is 0.834. The summed E-state index contributed by atoms with van der Waals surface area (Å²) in [5.74, 6) is 1.08. The lowest BCUT2D eigenvalue weighted by Crippen LogP contribution is -2.46. The zero-order chi connectivity index (χ0) is 19.7. The van der Waals surface area contributed by atoms with Crippen molar-refractivity contribution in [3.63, 3.8) is 0 Å². The molecule has 146 valence electrons. The Kier molecular flexibility index (Phi) is 5.09. The summed E-state index contributed by atoms with van der Waals surface area (Å²) in [6.07, 6.45) is 0. The fourth-order valence-electron chi connectivity index (χ4n) is 3.89. The summed E-state index contributed by atoms with van der Waals surface area (Å²) in [4.78, 5) is 9.99. The molecule has 0 bridgehead atoms. The number of aromatic nitrogens is 1. The molecule has 2 heterocycles. The lowest BCUT2D eigenvalue weighted by atomic mass is 9.96.